The van der Waals surface area contributed by atoms with Gasteiger partial charge in [-0.05, 0) is 59.7 Å². The topological polar surface area (TPSA) is 35.6 Å². The molecule has 0 saturated carbocycles. The fourth-order valence-electron chi connectivity index (χ4n) is 5.98. The highest BCUT2D eigenvalue weighted by Gasteiger charge is 2.20. The van der Waals surface area contributed by atoms with E-state index in [1.54, 1.807) is 0 Å². The minimum absolute atomic E-state index is 0.799. The van der Waals surface area contributed by atoms with Crippen molar-refractivity contribution in [1.29, 1.82) is 0 Å². The van der Waals surface area contributed by atoms with Gasteiger partial charge in [-0.3, -0.25) is 4.57 Å². The van der Waals surface area contributed by atoms with Gasteiger partial charge in [-0.2, -0.15) is 0 Å². The van der Waals surface area contributed by atoms with Crippen molar-refractivity contribution >= 4 is 21.8 Å². The van der Waals surface area contributed by atoms with E-state index in [2.05, 4.69) is 155 Å². The molecule has 0 radical (unpaired) electrons. The van der Waals surface area contributed by atoms with E-state index in [1.165, 1.54) is 21.8 Å². The van der Waals surface area contributed by atoms with Crippen molar-refractivity contribution in [2.45, 2.75) is 0 Å². The Morgan fingerprint density at radius 3 is 1.50 bits per heavy atom. The lowest BCUT2D eigenvalue weighted by Gasteiger charge is -2.14. The Kier molecular flexibility index (Phi) is 5.75. The van der Waals surface area contributed by atoms with Crippen LogP contribution in [-0.2, 0) is 0 Å². The van der Waals surface area contributed by atoms with Gasteiger partial charge < -0.3 is 4.57 Å². The van der Waals surface area contributed by atoms with Crippen molar-refractivity contribution < 1.29 is 0 Å². The maximum absolute atomic E-state index is 4.79. The highest BCUT2D eigenvalue weighted by Crippen LogP contribution is 2.36. The van der Waals surface area contributed by atoms with Gasteiger partial charge in [0.25, 0.3) is 0 Å². The molecule has 198 valence electrons. The molecule has 8 aromatic rings. The molecule has 8 rings (SSSR count). The molecule has 6 aromatic carbocycles. The number of fused-ring (bicyclic) bond motifs is 3. The van der Waals surface area contributed by atoms with Crippen molar-refractivity contribution in [2.75, 3.05) is 0 Å². The van der Waals surface area contributed by atoms with E-state index < -0.39 is 0 Å². The Bertz CT molecular complexity index is 2120. The first-order valence-corrected chi connectivity index (χ1v) is 14.1. The summed E-state index contributed by atoms with van der Waals surface area (Å²) in [4.78, 5) is 0. The predicted octanol–water partition coefficient (Wildman–Crippen LogP) is 9.37. The van der Waals surface area contributed by atoms with E-state index in [0.717, 1.165) is 45.3 Å². The molecule has 0 amide bonds. The average molecular weight is 539 g/mol. The van der Waals surface area contributed by atoms with Crippen LogP contribution in [0.4, 0.5) is 0 Å². The minimum Gasteiger partial charge on any atom is -0.309 e. The summed E-state index contributed by atoms with van der Waals surface area (Å²) in [7, 11) is 0. The molecule has 0 N–H and O–H groups in total. The van der Waals surface area contributed by atoms with Crippen LogP contribution in [0.25, 0.3) is 67.1 Å². The summed E-state index contributed by atoms with van der Waals surface area (Å²) in [5.74, 6) is 1.61. The van der Waals surface area contributed by atoms with Crippen LogP contribution in [0.3, 0.4) is 0 Å². The molecule has 2 aromatic heterocycles. The molecule has 4 heteroatoms. The monoisotopic (exact) mass is 538 g/mol. The van der Waals surface area contributed by atoms with Gasteiger partial charge in [-0.15, -0.1) is 10.2 Å². The fraction of sp³-hybridized carbons (Fsp3) is 0. The Labute approximate surface area is 243 Å². The number of benzene rings is 6. The van der Waals surface area contributed by atoms with Gasteiger partial charge in [-0.1, -0.05) is 109 Å². The Morgan fingerprint density at radius 1 is 0.333 bits per heavy atom. The summed E-state index contributed by atoms with van der Waals surface area (Å²) in [6.07, 6.45) is 0. The maximum atomic E-state index is 4.79. The molecule has 0 aliphatic rings. The number of aromatic nitrogens is 4. The second-order valence-electron chi connectivity index (χ2n) is 10.3. The second-order valence-corrected chi connectivity index (χ2v) is 10.3. The van der Waals surface area contributed by atoms with Crippen molar-refractivity contribution in [2.24, 2.45) is 0 Å². The van der Waals surface area contributed by atoms with Crippen LogP contribution < -0.4 is 0 Å². The van der Waals surface area contributed by atoms with E-state index >= 15 is 0 Å². The summed E-state index contributed by atoms with van der Waals surface area (Å²) in [6.45, 7) is 0. The highest BCUT2D eigenvalue weighted by atomic mass is 15.3. The lowest BCUT2D eigenvalue weighted by atomic mass is 9.99. The first kappa shape index (κ1) is 24.1. The molecular weight excluding hydrogens is 512 g/mol. The number of rotatable bonds is 5. The van der Waals surface area contributed by atoms with Gasteiger partial charge in [0, 0.05) is 33.3 Å². The molecule has 0 fully saturated rings. The molecule has 0 atom stereocenters. The van der Waals surface area contributed by atoms with Crippen molar-refractivity contribution in [1.82, 2.24) is 19.3 Å². The smallest absolute Gasteiger partial charge is 0.169 e. The van der Waals surface area contributed by atoms with E-state index in [1.807, 2.05) is 12.1 Å². The van der Waals surface area contributed by atoms with Crippen LogP contribution in [0, 0.1) is 0 Å². The third-order valence-electron chi connectivity index (χ3n) is 7.89. The zero-order chi connectivity index (χ0) is 27.9. The molecule has 0 unspecified atom stereocenters. The highest BCUT2D eigenvalue weighted by molar-refractivity contribution is 6.09. The van der Waals surface area contributed by atoms with Gasteiger partial charge in [0.2, 0.25) is 0 Å². The second kappa shape index (κ2) is 10.0. The zero-order valence-electron chi connectivity index (χ0n) is 22.8. The molecule has 0 aliphatic carbocycles. The van der Waals surface area contributed by atoms with Crippen LogP contribution in [0.5, 0.6) is 0 Å². The minimum atomic E-state index is 0.799. The molecular formula is C38H26N4. The van der Waals surface area contributed by atoms with E-state index in [-0.39, 0.29) is 0 Å². The maximum Gasteiger partial charge on any atom is 0.169 e. The largest absolute Gasteiger partial charge is 0.309 e. The van der Waals surface area contributed by atoms with Gasteiger partial charge in [0.05, 0.1) is 11.0 Å². The van der Waals surface area contributed by atoms with Gasteiger partial charge in [-0.25, -0.2) is 0 Å². The van der Waals surface area contributed by atoms with E-state index in [4.69, 9.17) is 10.2 Å². The third kappa shape index (κ3) is 3.93. The van der Waals surface area contributed by atoms with Crippen molar-refractivity contribution in [3.63, 3.8) is 0 Å². The van der Waals surface area contributed by atoms with E-state index in [0.29, 0.717) is 0 Å². The average Bonchev–Trinajstić information content (AvgIpc) is 3.66. The number of para-hydroxylation sites is 3. The van der Waals surface area contributed by atoms with Crippen molar-refractivity contribution in [3.05, 3.63) is 158 Å². The summed E-state index contributed by atoms with van der Waals surface area (Å²) in [5.41, 5.74) is 8.81. The SMILES string of the molecule is c1ccc(-c2ccccc2-c2nnc(-c3ccc(-n4c5ccccc5c5ccccc54)cc3)n2-c2ccccc2)cc1. The van der Waals surface area contributed by atoms with Crippen LogP contribution in [0.15, 0.2) is 158 Å². The normalized spacial score (nSPS) is 11.3. The Hall–Kier alpha value is -5.74. The lowest BCUT2D eigenvalue weighted by molar-refractivity contribution is 1.07. The first-order valence-electron chi connectivity index (χ1n) is 14.1. The zero-order valence-corrected chi connectivity index (χ0v) is 22.8. The Balaban J connectivity index is 1.29. The summed E-state index contributed by atoms with van der Waals surface area (Å²) >= 11 is 0. The standard InChI is InChI=1S/C38H26N4/c1-3-13-27(14-4-1)31-17-7-8-20-34(31)38-40-39-37(42(38)29-15-5-2-6-16-29)28-23-25-30(26-24-28)41-35-21-11-9-18-32(35)33-19-10-12-22-36(33)41/h1-26H. The molecule has 42 heavy (non-hydrogen) atoms. The first-order chi connectivity index (χ1) is 20.9. The number of nitrogens with zero attached hydrogens (tertiary/aromatic N) is 4. The van der Waals surface area contributed by atoms with Gasteiger partial charge in [0.15, 0.2) is 11.6 Å². The quantitative estimate of drug-likeness (QED) is 0.219. The molecule has 0 bridgehead atoms. The molecule has 0 aliphatic heterocycles. The molecule has 0 spiro atoms. The third-order valence-corrected chi connectivity index (χ3v) is 7.89. The molecule has 4 nitrogen and oxygen atoms in total. The van der Waals surface area contributed by atoms with E-state index in [9.17, 15) is 0 Å². The van der Waals surface area contributed by atoms with Crippen LogP contribution in [-0.4, -0.2) is 19.3 Å². The summed E-state index contributed by atoms with van der Waals surface area (Å²) in [5, 5.41) is 12.1. The molecule has 0 saturated heterocycles. The number of hydrogen-bond donors (Lipinski definition) is 0. The summed E-state index contributed by atoms with van der Waals surface area (Å²) < 4.78 is 4.50. The van der Waals surface area contributed by atoms with Crippen molar-refractivity contribution in [3.8, 4) is 45.3 Å². The van der Waals surface area contributed by atoms with Crippen LogP contribution >= 0.6 is 0 Å². The summed E-state index contributed by atoms with van der Waals surface area (Å²) in [6, 6.07) is 55.0. The fourth-order valence-corrected chi connectivity index (χ4v) is 5.98. The van der Waals surface area contributed by atoms with Crippen LogP contribution in [0.1, 0.15) is 0 Å². The van der Waals surface area contributed by atoms with Gasteiger partial charge >= 0.3 is 0 Å². The predicted molar refractivity (Wildman–Crippen MR) is 172 cm³/mol. The number of hydrogen-bond acceptors (Lipinski definition) is 2. The van der Waals surface area contributed by atoms with Gasteiger partial charge in [0.1, 0.15) is 0 Å². The van der Waals surface area contributed by atoms with Crippen LogP contribution in [0.2, 0.25) is 0 Å². The Morgan fingerprint density at radius 2 is 0.833 bits per heavy atom. The molecule has 2 heterocycles. The lowest BCUT2D eigenvalue weighted by Crippen LogP contribution is -2.01.